The number of hydrogen-bond donors (Lipinski definition) is 1. The van der Waals surface area contributed by atoms with Crippen LogP contribution in [0.2, 0.25) is 0 Å². The molecule has 4 heteroatoms. The zero-order valence-electron chi connectivity index (χ0n) is 10.6. The molecule has 0 bridgehead atoms. The molecule has 1 saturated carbocycles. The molecule has 1 aliphatic carbocycles. The number of hydrogen-bond acceptors (Lipinski definition) is 1. The van der Waals surface area contributed by atoms with E-state index in [1.165, 1.54) is 0 Å². The second kappa shape index (κ2) is 6.07. The molecule has 0 aromatic rings. The Kier molecular flexibility index (Phi) is 5.29. The van der Waals surface area contributed by atoms with Crippen molar-refractivity contribution in [3.8, 4) is 0 Å². The summed E-state index contributed by atoms with van der Waals surface area (Å²) >= 11 is 0. The first-order chi connectivity index (χ1) is 7.80. The third kappa shape index (κ3) is 4.86. The highest BCUT2D eigenvalue weighted by atomic mass is 19.4. The van der Waals surface area contributed by atoms with Crippen LogP contribution in [-0.4, -0.2) is 17.4 Å². The Morgan fingerprint density at radius 2 is 1.82 bits per heavy atom. The second-order valence-corrected chi connectivity index (χ2v) is 5.70. The first-order valence-corrected chi connectivity index (χ1v) is 6.55. The van der Waals surface area contributed by atoms with Crippen molar-refractivity contribution in [1.82, 2.24) is 0 Å². The van der Waals surface area contributed by atoms with E-state index >= 15 is 0 Å². The summed E-state index contributed by atoms with van der Waals surface area (Å²) < 4.78 is 37.8. The lowest BCUT2D eigenvalue weighted by atomic mass is 9.77. The average Bonchev–Trinajstić information content (AvgIpc) is 2.25. The predicted molar refractivity (Wildman–Crippen MR) is 61.6 cm³/mol. The van der Waals surface area contributed by atoms with Crippen molar-refractivity contribution in [3.05, 3.63) is 0 Å². The summed E-state index contributed by atoms with van der Waals surface area (Å²) in [5.74, 6) is -0.865. The lowest BCUT2D eigenvalue weighted by Gasteiger charge is -2.33. The normalized spacial score (nSPS) is 28.4. The number of aliphatic hydroxyl groups is 1. The van der Waals surface area contributed by atoms with Crippen molar-refractivity contribution < 1.29 is 18.3 Å². The largest absolute Gasteiger partial charge is 0.393 e. The molecular weight excluding hydrogens is 229 g/mol. The van der Waals surface area contributed by atoms with Crippen molar-refractivity contribution in [2.45, 2.75) is 64.7 Å². The zero-order valence-corrected chi connectivity index (χ0v) is 10.6. The topological polar surface area (TPSA) is 20.2 Å². The minimum Gasteiger partial charge on any atom is -0.393 e. The standard InChI is InChI=1S/C13H23F3O/c1-9(2)6-7-12(17)10-4-3-5-11(8-10)13(14,15)16/h9-12,17H,3-8H2,1-2H3. The van der Waals surface area contributed by atoms with Gasteiger partial charge in [0, 0.05) is 0 Å². The lowest BCUT2D eigenvalue weighted by Crippen LogP contribution is -2.33. The molecule has 1 N–H and O–H groups in total. The molecule has 1 rings (SSSR count). The molecule has 1 fully saturated rings. The van der Waals surface area contributed by atoms with Gasteiger partial charge in [-0.25, -0.2) is 0 Å². The van der Waals surface area contributed by atoms with Gasteiger partial charge in [0.2, 0.25) is 0 Å². The summed E-state index contributed by atoms with van der Waals surface area (Å²) in [7, 11) is 0. The minimum absolute atomic E-state index is 0.114. The van der Waals surface area contributed by atoms with Crippen LogP contribution in [0.15, 0.2) is 0 Å². The van der Waals surface area contributed by atoms with Gasteiger partial charge in [0.05, 0.1) is 12.0 Å². The lowest BCUT2D eigenvalue weighted by molar-refractivity contribution is -0.188. The molecule has 102 valence electrons. The fourth-order valence-corrected chi connectivity index (χ4v) is 2.61. The van der Waals surface area contributed by atoms with Crippen LogP contribution in [0.1, 0.15) is 52.4 Å². The van der Waals surface area contributed by atoms with E-state index in [9.17, 15) is 18.3 Å². The maximum absolute atomic E-state index is 12.6. The van der Waals surface area contributed by atoms with Gasteiger partial charge in [-0.1, -0.05) is 20.3 Å². The van der Waals surface area contributed by atoms with Crippen LogP contribution in [-0.2, 0) is 0 Å². The maximum atomic E-state index is 12.6. The first kappa shape index (κ1) is 14.8. The maximum Gasteiger partial charge on any atom is 0.391 e. The van der Waals surface area contributed by atoms with E-state index in [4.69, 9.17) is 0 Å². The molecule has 3 atom stereocenters. The van der Waals surface area contributed by atoms with Gasteiger partial charge in [-0.15, -0.1) is 0 Å². The van der Waals surface area contributed by atoms with Gasteiger partial charge in [-0.2, -0.15) is 13.2 Å². The summed E-state index contributed by atoms with van der Waals surface area (Å²) in [6, 6.07) is 0. The van der Waals surface area contributed by atoms with Gasteiger partial charge in [0.1, 0.15) is 0 Å². The number of alkyl halides is 3. The van der Waals surface area contributed by atoms with E-state index in [1.54, 1.807) is 0 Å². The molecule has 0 aromatic heterocycles. The number of halogens is 3. The SMILES string of the molecule is CC(C)CCC(O)C1CCCC(C(F)(F)F)C1. The van der Waals surface area contributed by atoms with Crippen molar-refractivity contribution in [2.75, 3.05) is 0 Å². The molecule has 0 heterocycles. The van der Waals surface area contributed by atoms with Gasteiger partial charge in [0.15, 0.2) is 0 Å². The Balaban J connectivity index is 2.43. The summed E-state index contributed by atoms with van der Waals surface area (Å²) in [5, 5.41) is 9.94. The van der Waals surface area contributed by atoms with Crippen molar-refractivity contribution in [1.29, 1.82) is 0 Å². The van der Waals surface area contributed by atoms with Crippen molar-refractivity contribution in [3.63, 3.8) is 0 Å². The van der Waals surface area contributed by atoms with Gasteiger partial charge in [-0.3, -0.25) is 0 Å². The summed E-state index contributed by atoms with van der Waals surface area (Å²) in [6.07, 6.45) is -1.45. The van der Waals surface area contributed by atoms with Crippen LogP contribution in [0.5, 0.6) is 0 Å². The van der Waals surface area contributed by atoms with E-state index in [0.717, 1.165) is 12.8 Å². The molecule has 0 amide bonds. The van der Waals surface area contributed by atoms with Crippen LogP contribution in [0, 0.1) is 17.8 Å². The highest BCUT2D eigenvalue weighted by Crippen LogP contribution is 2.41. The van der Waals surface area contributed by atoms with E-state index in [1.807, 2.05) is 0 Å². The van der Waals surface area contributed by atoms with Gasteiger partial charge in [-0.05, 0) is 43.9 Å². The van der Waals surface area contributed by atoms with Gasteiger partial charge >= 0.3 is 6.18 Å². The van der Waals surface area contributed by atoms with Crippen molar-refractivity contribution >= 4 is 0 Å². The Morgan fingerprint density at radius 1 is 1.18 bits per heavy atom. The number of aliphatic hydroxyl groups excluding tert-OH is 1. The molecular formula is C13H23F3O. The van der Waals surface area contributed by atoms with Crippen LogP contribution in [0.25, 0.3) is 0 Å². The summed E-state index contributed by atoms with van der Waals surface area (Å²) in [6.45, 7) is 4.12. The molecule has 1 aliphatic rings. The Bertz CT molecular complexity index is 225. The molecule has 1 nitrogen and oxygen atoms in total. The average molecular weight is 252 g/mol. The minimum atomic E-state index is -4.09. The van der Waals surface area contributed by atoms with Gasteiger partial charge < -0.3 is 5.11 Å². The summed E-state index contributed by atoms with van der Waals surface area (Å²) in [4.78, 5) is 0. The quantitative estimate of drug-likeness (QED) is 0.796. The highest BCUT2D eigenvalue weighted by Gasteiger charge is 2.43. The third-order valence-corrected chi connectivity index (χ3v) is 3.76. The molecule has 0 radical (unpaired) electrons. The Labute approximate surface area is 101 Å². The smallest absolute Gasteiger partial charge is 0.391 e. The Morgan fingerprint density at radius 3 is 2.35 bits per heavy atom. The van der Waals surface area contributed by atoms with Crippen LogP contribution < -0.4 is 0 Å². The van der Waals surface area contributed by atoms with Crippen molar-refractivity contribution in [2.24, 2.45) is 17.8 Å². The zero-order chi connectivity index (χ0) is 13.1. The third-order valence-electron chi connectivity index (χ3n) is 3.76. The molecule has 0 aliphatic heterocycles. The Hall–Kier alpha value is -0.250. The molecule has 0 aromatic carbocycles. The van der Waals surface area contributed by atoms with E-state index in [0.29, 0.717) is 18.8 Å². The monoisotopic (exact) mass is 252 g/mol. The highest BCUT2D eigenvalue weighted by molar-refractivity contribution is 4.81. The molecule has 0 saturated heterocycles. The molecule has 3 unspecified atom stereocenters. The molecule has 0 spiro atoms. The van der Waals surface area contributed by atoms with Crippen LogP contribution in [0.3, 0.4) is 0 Å². The van der Waals surface area contributed by atoms with E-state index < -0.39 is 18.2 Å². The fourth-order valence-electron chi connectivity index (χ4n) is 2.61. The second-order valence-electron chi connectivity index (χ2n) is 5.70. The van der Waals surface area contributed by atoms with Crippen LogP contribution >= 0.6 is 0 Å². The van der Waals surface area contributed by atoms with Gasteiger partial charge in [0.25, 0.3) is 0 Å². The first-order valence-electron chi connectivity index (χ1n) is 6.55. The predicted octanol–water partition coefficient (Wildman–Crippen LogP) is 4.15. The van der Waals surface area contributed by atoms with E-state index in [2.05, 4.69) is 13.8 Å². The van der Waals surface area contributed by atoms with E-state index in [-0.39, 0.29) is 18.8 Å². The summed E-state index contributed by atoms with van der Waals surface area (Å²) in [5.41, 5.74) is 0. The van der Waals surface area contributed by atoms with Crippen LogP contribution in [0.4, 0.5) is 13.2 Å². The number of rotatable bonds is 4. The molecule has 17 heavy (non-hydrogen) atoms. The fraction of sp³-hybridized carbons (Fsp3) is 1.00.